The first-order valence-corrected chi connectivity index (χ1v) is 10.2. The fraction of sp³-hybridized carbons (Fsp3) is 0.619. The number of rotatable bonds is 3. The molecule has 7 heteroatoms. The number of phenolic OH excluding ortho intramolecular Hbond substituents is 2. The first kappa shape index (κ1) is 19.1. The molecule has 3 aliphatic heterocycles. The van der Waals surface area contributed by atoms with Gasteiger partial charge in [-0.2, -0.15) is 0 Å². The van der Waals surface area contributed by atoms with Gasteiger partial charge in [0.15, 0.2) is 11.5 Å². The number of nitrogens with zero attached hydrogens (tertiary/aromatic N) is 2. The molecule has 0 unspecified atom stereocenters. The second-order valence-corrected chi connectivity index (χ2v) is 8.37. The lowest BCUT2D eigenvalue weighted by molar-refractivity contribution is -0.141. The summed E-state index contributed by atoms with van der Waals surface area (Å²) >= 11 is 0. The molecule has 3 fully saturated rings. The molecule has 0 radical (unpaired) electrons. The Bertz CT molecular complexity index is 751. The van der Waals surface area contributed by atoms with Gasteiger partial charge in [-0.15, -0.1) is 0 Å². The van der Waals surface area contributed by atoms with Crippen molar-refractivity contribution in [1.82, 2.24) is 9.80 Å². The van der Waals surface area contributed by atoms with E-state index in [1.165, 1.54) is 12.1 Å². The molecule has 3 heterocycles. The Hall–Kier alpha value is -2.28. The average Bonchev–Trinajstić information content (AvgIpc) is 3.20. The fourth-order valence-electron chi connectivity index (χ4n) is 4.77. The van der Waals surface area contributed by atoms with Crippen LogP contribution in [0.5, 0.6) is 11.5 Å². The molecule has 0 saturated carbocycles. The Balaban J connectivity index is 1.39. The van der Waals surface area contributed by atoms with Crippen LogP contribution in [0.2, 0.25) is 0 Å². The van der Waals surface area contributed by atoms with Gasteiger partial charge in [0.25, 0.3) is 5.91 Å². The van der Waals surface area contributed by atoms with E-state index in [1.807, 2.05) is 4.90 Å². The Labute approximate surface area is 164 Å². The van der Waals surface area contributed by atoms with Crippen LogP contribution in [-0.4, -0.2) is 70.7 Å². The van der Waals surface area contributed by atoms with E-state index in [0.717, 1.165) is 45.3 Å². The summed E-state index contributed by atoms with van der Waals surface area (Å²) in [6.07, 6.45) is 5.36. The van der Waals surface area contributed by atoms with Gasteiger partial charge in [-0.1, -0.05) is 6.07 Å². The second kappa shape index (κ2) is 7.62. The molecule has 0 bridgehead atoms. The molecule has 1 spiro atoms. The third-order valence-corrected chi connectivity index (χ3v) is 6.55. The molecule has 1 atom stereocenters. The zero-order valence-corrected chi connectivity index (χ0v) is 16.1. The Morgan fingerprint density at radius 2 is 2.00 bits per heavy atom. The van der Waals surface area contributed by atoms with Crippen molar-refractivity contribution in [3.63, 3.8) is 0 Å². The summed E-state index contributed by atoms with van der Waals surface area (Å²) in [7, 11) is 0. The number of carbonyl (C=O) groups excluding carboxylic acids is 2. The number of para-hydroxylation sites is 1. The van der Waals surface area contributed by atoms with E-state index in [9.17, 15) is 19.8 Å². The molecule has 1 aromatic rings. The normalized spacial score (nSPS) is 24.7. The Morgan fingerprint density at radius 3 is 2.71 bits per heavy atom. The predicted octanol–water partition coefficient (Wildman–Crippen LogP) is 2.12. The third kappa shape index (κ3) is 3.68. The van der Waals surface area contributed by atoms with Crippen LogP contribution in [0, 0.1) is 5.41 Å². The number of likely N-dealkylation sites (tertiary alicyclic amines) is 2. The molecule has 2 amide bonds. The van der Waals surface area contributed by atoms with Crippen LogP contribution in [-0.2, 0) is 9.53 Å². The van der Waals surface area contributed by atoms with Crippen molar-refractivity contribution in [3.05, 3.63) is 23.8 Å². The van der Waals surface area contributed by atoms with Crippen LogP contribution in [0.25, 0.3) is 0 Å². The highest BCUT2D eigenvalue weighted by Crippen LogP contribution is 2.41. The zero-order chi connectivity index (χ0) is 19.7. The van der Waals surface area contributed by atoms with Crippen LogP contribution in [0.3, 0.4) is 0 Å². The van der Waals surface area contributed by atoms with E-state index in [2.05, 4.69) is 0 Å². The van der Waals surface area contributed by atoms with Gasteiger partial charge in [-0.3, -0.25) is 9.59 Å². The number of amides is 2. The molecule has 0 aromatic heterocycles. The number of aromatic hydroxyl groups is 2. The monoisotopic (exact) mass is 388 g/mol. The second-order valence-electron chi connectivity index (χ2n) is 8.37. The maximum Gasteiger partial charge on any atom is 0.257 e. The minimum absolute atomic E-state index is 0.0597. The standard InChI is InChI=1S/C21H28N2O5/c24-17-5-1-4-16(19(17)26)20(27)22-10-8-21(9-11-22)7-6-18(25)23(14-21)13-15-3-2-12-28-15/h1,4-5,15,24,26H,2-3,6-14H2/t15-/m0/s1. The highest BCUT2D eigenvalue weighted by Gasteiger charge is 2.42. The summed E-state index contributed by atoms with van der Waals surface area (Å²) in [5, 5.41) is 19.6. The molecular formula is C21H28N2O5. The van der Waals surface area contributed by atoms with Gasteiger partial charge in [0.05, 0.1) is 11.7 Å². The molecule has 28 heavy (non-hydrogen) atoms. The number of hydrogen-bond acceptors (Lipinski definition) is 5. The predicted molar refractivity (Wildman–Crippen MR) is 102 cm³/mol. The largest absolute Gasteiger partial charge is 0.504 e. The molecule has 3 saturated heterocycles. The average molecular weight is 388 g/mol. The number of phenols is 2. The lowest BCUT2D eigenvalue weighted by Crippen LogP contribution is -2.53. The first-order valence-electron chi connectivity index (χ1n) is 10.2. The molecule has 4 rings (SSSR count). The summed E-state index contributed by atoms with van der Waals surface area (Å²) < 4.78 is 5.71. The number of carbonyl (C=O) groups is 2. The topological polar surface area (TPSA) is 90.3 Å². The van der Waals surface area contributed by atoms with E-state index in [4.69, 9.17) is 4.74 Å². The smallest absolute Gasteiger partial charge is 0.257 e. The Kier molecular flexibility index (Phi) is 5.19. The molecule has 3 aliphatic rings. The lowest BCUT2D eigenvalue weighted by atomic mass is 9.72. The summed E-state index contributed by atoms with van der Waals surface area (Å²) in [5.41, 5.74) is 0.194. The molecule has 1 aromatic carbocycles. The van der Waals surface area contributed by atoms with Crippen molar-refractivity contribution in [2.24, 2.45) is 5.41 Å². The van der Waals surface area contributed by atoms with Gasteiger partial charge in [0, 0.05) is 39.2 Å². The van der Waals surface area contributed by atoms with Crippen LogP contribution in [0.4, 0.5) is 0 Å². The van der Waals surface area contributed by atoms with Crippen molar-refractivity contribution in [2.45, 2.75) is 44.6 Å². The molecule has 0 aliphatic carbocycles. The van der Waals surface area contributed by atoms with Crippen molar-refractivity contribution in [2.75, 3.05) is 32.8 Å². The van der Waals surface area contributed by atoms with E-state index in [-0.39, 0.29) is 40.4 Å². The van der Waals surface area contributed by atoms with Crippen molar-refractivity contribution in [1.29, 1.82) is 0 Å². The van der Waals surface area contributed by atoms with Gasteiger partial charge in [0.2, 0.25) is 5.91 Å². The Morgan fingerprint density at radius 1 is 1.21 bits per heavy atom. The van der Waals surface area contributed by atoms with Gasteiger partial charge in [0.1, 0.15) is 0 Å². The van der Waals surface area contributed by atoms with Crippen molar-refractivity contribution >= 4 is 11.8 Å². The van der Waals surface area contributed by atoms with E-state index < -0.39 is 0 Å². The molecule has 2 N–H and O–H groups in total. The number of ether oxygens (including phenoxy) is 1. The third-order valence-electron chi connectivity index (χ3n) is 6.55. The number of piperidine rings is 2. The van der Waals surface area contributed by atoms with Gasteiger partial charge >= 0.3 is 0 Å². The van der Waals surface area contributed by atoms with Crippen LogP contribution < -0.4 is 0 Å². The fourth-order valence-corrected chi connectivity index (χ4v) is 4.77. The van der Waals surface area contributed by atoms with E-state index in [0.29, 0.717) is 26.1 Å². The van der Waals surface area contributed by atoms with Gasteiger partial charge in [-0.25, -0.2) is 0 Å². The highest BCUT2D eigenvalue weighted by molar-refractivity contribution is 5.97. The van der Waals surface area contributed by atoms with E-state index in [1.54, 1.807) is 11.0 Å². The van der Waals surface area contributed by atoms with Gasteiger partial charge < -0.3 is 24.7 Å². The minimum atomic E-state index is -0.362. The quantitative estimate of drug-likeness (QED) is 0.774. The summed E-state index contributed by atoms with van der Waals surface area (Å²) in [4.78, 5) is 28.9. The van der Waals surface area contributed by atoms with E-state index >= 15 is 0 Å². The van der Waals surface area contributed by atoms with Gasteiger partial charge in [-0.05, 0) is 49.7 Å². The SMILES string of the molecule is O=C1CCC2(CCN(C(=O)c3cccc(O)c3O)CC2)CN1C[C@@H]1CCCO1. The lowest BCUT2D eigenvalue weighted by Gasteiger charge is -2.47. The zero-order valence-electron chi connectivity index (χ0n) is 16.1. The maximum absolute atomic E-state index is 12.8. The van der Waals surface area contributed by atoms with Crippen LogP contribution in [0.1, 0.15) is 48.9 Å². The summed E-state index contributed by atoms with van der Waals surface area (Å²) in [6.45, 7) is 3.40. The highest BCUT2D eigenvalue weighted by atomic mass is 16.5. The van der Waals surface area contributed by atoms with Crippen molar-refractivity contribution in [3.8, 4) is 11.5 Å². The summed E-state index contributed by atoms with van der Waals surface area (Å²) in [6, 6.07) is 4.45. The van der Waals surface area contributed by atoms with Crippen LogP contribution in [0.15, 0.2) is 18.2 Å². The number of benzene rings is 1. The number of hydrogen-bond donors (Lipinski definition) is 2. The molecule has 7 nitrogen and oxygen atoms in total. The van der Waals surface area contributed by atoms with Crippen LogP contribution >= 0.6 is 0 Å². The summed E-state index contributed by atoms with van der Waals surface area (Å²) in [5.74, 6) is -0.690. The molecular weight excluding hydrogens is 360 g/mol. The molecule has 152 valence electrons. The maximum atomic E-state index is 12.8. The first-order chi connectivity index (χ1) is 13.5. The van der Waals surface area contributed by atoms with Crippen molar-refractivity contribution < 1.29 is 24.5 Å². The minimum Gasteiger partial charge on any atom is -0.504 e.